The van der Waals surface area contributed by atoms with Crippen molar-refractivity contribution in [1.82, 2.24) is 14.5 Å². The zero-order chi connectivity index (χ0) is 17.4. The number of imidazole rings is 1. The second-order valence-electron chi connectivity index (χ2n) is 7.86. The highest BCUT2D eigenvalue weighted by molar-refractivity contribution is 5.85. The molecule has 4 rings (SSSR count). The van der Waals surface area contributed by atoms with Crippen LogP contribution in [-0.4, -0.2) is 33.6 Å². The fourth-order valence-electron chi connectivity index (χ4n) is 3.81. The Hall–Kier alpha value is -1.88. The number of piperidine rings is 1. The van der Waals surface area contributed by atoms with Crippen LogP contribution in [0.25, 0.3) is 16.7 Å². The van der Waals surface area contributed by atoms with E-state index in [1.54, 1.807) is 0 Å². The average Bonchev–Trinajstić information content (AvgIpc) is 3.03. The molecule has 0 radical (unpaired) electrons. The van der Waals surface area contributed by atoms with Gasteiger partial charge in [-0.1, -0.05) is 38.1 Å². The maximum Gasteiger partial charge on any atom is 0.100 e. The maximum absolute atomic E-state index is 6.25. The van der Waals surface area contributed by atoms with Crippen molar-refractivity contribution in [3.63, 3.8) is 0 Å². The quantitative estimate of drug-likeness (QED) is 0.757. The van der Waals surface area contributed by atoms with Gasteiger partial charge in [-0.25, -0.2) is 4.98 Å². The molecule has 1 fully saturated rings. The van der Waals surface area contributed by atoms with E-state index in [0.29, 0.717) is 6.04 Å². The number of rotatable bonds is 3. The Balaban J connectivity index is 0.00000196. The van der Waals surface area contributed by atoms with Crippen LogP contribution < -0.4 is 5.73 Å². The summed E-state index contributed by atoms with van der Waals surface area (Å²) >= 11 is 0. The molecule has 0 saturated carbocycles. The summed E-state index contributed by atoms with van der Waals surface area (Å²) in [5.41, 5.74) is 11.1. The summed E-state index contributed by atoms with van der Waals surface area (Å²) in [4.78, 5) is 7.00. The van der Waals surface area contributed by atoms with Crippen molar-refractivity contribution in [2.75, 3.05) is 13.1 Å². The highest BCUT2D eigenvalue weighted by Crippen LogP contribution is 2.28. The molecule has 1 aromatic heterocycles. The normalized spacial score (nSPS) is 20.0. The van der Waals surface area contributed by atoms with E-state index in [0.717, 1.165) is 42.8 Å². The molecule has 0 spiro atoms. The van der Waals surface area contributed by atoms with Gasteiger partial charge in [0, 0.05) is 31.4 Å². The topological polar surface area (TPSA) is 47.1 Å². The molecule has 1 aliphatic heterocycles. The molecule has 138 valence electrons. The standard InChI is InChI=1S/C21H26N4.ClH/c1-21(2)14-24(12-11-20(21)22)13-16-7-9-17(10-8-16)25-15-23-18-5-3-4-6-19(18)25;/h3-10,15,20H,11-14,22H2,1-2H3;1H. The Morgan fingerprint density at radius 1 is 1.12 bits per heavy atom. The first-order valence-electron chi connectivity index (χ1n) is 9.02. The number of fused-ring (bicyclic) bond motifs is 1. The molecule has 2 aromatic carbocycles. The first-order chi connectivity index (χ1) is 12.0. The Labute approximate surface area is 161 Å². The Morgan fingerprint density at radius 2 is 1.85 bits per heavy atom. The molecule has 26 heavy (non-hydrogen) atoms. The van der Waals surface area contributed by atoms with Crippen molar-refractivity contribution in [2.45, 2.75) is 32.9 Å². The summed E-state index contributed by atoms with van der Waals surface area (Å²) in [5.74, 6) is 0. The molecule has 0 aliphatic carbocycles. The van der Waals surface area contributed by atoms with Crippen molar-refractivity contribution in [1.29, 1.82) is 0 Å². The van der Waals surface area contributed by atoms with Crippen LogP contribution in [0.15, 0.2) is 54.9 Å². The van der Waals surface area contributed by atoms with Gasteiger partial charge in [0.15, 0.2) is 0 Å². The van der Waals surface area contributed by atoms with Crippen molar-refractivity contribution in [3.05, 3.63) is 60.4 Å². The summed E-state index contributed by atoms with van der Waals surface area (Å²) in [6.45, 7) is 7.68. The number of nitrogens with two attached hydrogens (primary N) is 1. The molecule has 5 heteroatoms. The lowest BCUT2D eigenvalue weighted by molar-refractivity contribution is 0.0899. The first kappa shape index (κ1) is 18.9. The molecule has 3 aromatic rings. The number of para-hydroxylation sites is 2. The van der Waals surface area contributed by atoms with Crippen molar-refractivity contribution < 1.29 is 0 Å². The molecule has 0 bridgehead atoms. The number of likely N-dealkylation sites (tertiary alicyclic amines) is 1. The van der Waals surface area contributed by atoms with Crippen LogP contribution in [0, 0.1) is 5.41 Å². The molecule has 1 aliphatic rings. The van der Waals surface area contributed by atoms with Gasteiger partial charge in [0.05, 0.1) is 11.0 Å². The van der Waals surface area contributed by atoms with Gasteiger partial charge in [0.25, 0.3) is 0 Å². The Morgan fingerprint density at radius 3 is 2.58 bits per heavy atom. The molecule has 1 saturated heterocycles. The smallest absolute Gasteiger partial charge is 0.100 e. The van der Waals surface area contributed by atoms with Crippen molar-refractivity contribution in [3.8, 4) is 5.69 Å². The van der Waals surface area contributed by atoms with Crippen LogP contribution in [0.2, 0.25) is 0 Å². The van der Waals surface area contributed by atoms with Gasteiger partial charge < -0.3 is 5.73 Å². The summed E-state index contributed by atoms with van der Waals surface area (Å²) in [7, 11) is 0. The fourth-order valence-corrected chi connectivity index (χ4v) is 3.81. The van der Waals surface area contributed by atoms with Crippen LogP contribution in [0.5, 0.6) is 0 Å². The molecule has 1 unspecified atom stereocenters. The lowest BCUT2D eigenvalue weighted by atomic mass is 9.79. The van der Waals surface area contributed by atoms with Gasteiger partial charge >= 0.3 is 0 Å². The molecule has 2 N–H and O–H groups in total. The second kappa shape index (κ2) is 7.39. The largest absolute Gasteiger partial charge is 0.327 e. The van der Waals surface area contributed by atoms with E-state index in [9.17, 15) is 0 Å². The van der Waals surface area contributed by atoms with Crippen LogP contribution >= 0.6 is 12.4 Å². The van der Waals surface area contributed by atoms with Crippen LogP contribution in [0.4, 0.5) is 0 Å². The minimum Gasteiger partial charge on any atom is -0.327 e. The number of benzene rings is 2. The van der Waals surface area contributed by atoms with Crippen LogP contribution in [-0.2, 0) is 6.54 Å². The van der Waals surface area contributed by atoms with E-state index in [1.807, 2.05) is 18.5 Å². The van der Waals surface area contributed by atoms with E-state index in [1.165, 1.54) is 5.56 Å². The van der Waals surface area contributed by atoms with Gasteiger partial charge in [-0.05, 0) is 41.7 Å². The molecule has 2 heterocycles. The minimum atomic E-state index is 0. The van der Waals surface area contributed by atoms with Gasteiger partial charge in [0.2, 0.25) is 0 Å². The molecule has 4 nitrogen and oxygen atoms in total. The van der Waals surface area contributed by atoms with Crippen molar-refractivity contribution in [2.24, 2.45) is 11.1 Å². The lowest BCUT2D eigenvalue weighted by Crippen LogP contribution is -2.52. The van der Waals surface area contributed by atoms with Crippen LogP contribution in [0.3, 0.4) is 0 Å². The number of halogens is 1. The third-order valence-electron chi connectivity index (χ3n) is 5.47. The summed E-state index contributed by atoms with van der Waals surface area (Å²) in [5, 5.41) is 0. The Bertz CT molecular complexity index is 869. The zero-order valence-corrected chi connectivity index (χ0v) is 16.2. The van der Waals surface area contributed by atoms with Gasteiger partial charge in [0.1, 0.15) is 6.33 Å². The van der Waals surface area contributed by atoms with E-state index in [4.69, 9.17) is 5.73 Å². The molecule has 0 amide bonds. The average molecular weight is 371 g/mol. The monoisotopic (exact) mass is 370 g/mol. The van der Waals surface area contributed by atoms with Gasteiger partial charge in [-0.2, -0.15) is 0 Å². The van der Waals surface area contributed by atoms with Crippen molar-refractivity contribution >= 4 is 23.4 Å². The number of nitrogens with zero attached hydrogens (tertiary/aromatic N) is 3. The lowest BCUT2D eigenvalue weighted by Gasteiger charge is -2.42. The molecular formula is C21H27ClN4. The van der Waals surface area contributed by atoms with E-state index in [-0.39, 0.29) is 17.8 Å². The summed E-state index contributed by atoms with van der Waals surface area (Å²) in [6, 6.07) is 17.4. The second-order valence-corrected chi connectivity index (χ2v) is 7.86. The fraction of sp³-hybridized carbons (Fsp3) is 0.381. The predicted molar refractivity (Wildman–Crippen MR) is 110 cm³/mol. The highest BCUT2D eigenvalue weighted by Gasteiger charge is 2.33. The number of aromatic nitrogens is 2. The number of hydrogen-bond acceptors (Lipinski definition) is 3. The highest BCUT2D eigenvalue weighted by atomic mass is 35.5. The van der Waals surface area contributed by atoms with E-state index in [2.05, 4.69) is 64.7 Å². The van der Waals surface area contributed by atoms with Gasteiger partial charge in [-0.3, -0.25) is 9.47 Å². The SMILES string of the molecule is CC1(C)CN(Cc2ccc(-n3cnc4ccccc43)cc2)CCC1N.Cl. The Kier molecular flexibility index (Phi) is 5.37. The third kappa shape index (κ3) is 3.63. The number of hydrogen-bond donors (Lipinski definition) is 1. The predicted octanol–water partition coefficient (Wildman–Crippen LogP) is 4.01. The summed E-state index contributed by atoms with van der Waals surface area (Å²) < 4.78 is 2.14. The van der Waals surface area contributed by atoms with Gasteiger partial charge in [-0.15, -0.1) is 12.4 Å². The molecule has 1 atom stereocenters. The zero-order valence-electron chi connectivity index (χ0n) is 15.4. The maximum atomic E-state index is 6.25. The van der Waals surface area contributed by atoms with E-state index >= 15 is 0 Å². The first-order valence-corrected chi connectivity index (χ1v) is 9.02. The van der Waals surface area contributed by atoms with E-state index < -0.39 is 0 Å². The third-order valence-corrected chi connectivity index (χ3v) is 5.47. The minimum absolute atomic E-state index is 0. The molecular weight excluding hydrogens is 344 g/mol. The van der Waals surface area contributed by atoms with Crippen LogP contribution in [0.1, 0.15) is 25.8 Å². The summed E-state index contributed by atoms with van der Waals surface area (Å²) in [6.07, 6.45) is 2.97.